The summed E-state index contributed by atoms with van der Waals surface area (Å²) in [5, 5.41) is 9.14. The number of hydrogen-bond donors (Lipinski definition) is 1. The Morgan fingerprint density at radius 1 is 1.19 bits per heavy atom. The van der Waals surface area contributed by atoms with Gasteiger partial charge in [-0.15, -0.1) is 0 Å². The molecule has 1 N–H and O–H groups in total. The Kier molecular flexibility index (Phi) is 4.75. The summed E-state index contributed by atoms with van der Waals surface area (Å²) in [6.45, 7) is 6.64. The first kappa shape index (κ1) is 17.9. The van der Waals surface area contributed by atoms with E-state index in [-0.39, 0.29) is 0 Å². The van der Waals surface area contributed by atoms with Crippen LogP contribution in [0.25, 0.3) is 11.2 Å². The van der Waals surface area contributed by atoms with E-state index in [2.05, 4.69) is 33.9 Å². The summed E-state index contributed by atoms with van der Waals surface area (Å²) in [5.41, 5.74) is 1.84. The van der Waals surface area contributed by atoms with Crippen LogP contribution >= 0.6 is 35.0 Å². The molecule has 8 heteroatoms. The molecular formula is C18H19Cl2N5S. The Bertz CT molecular complexity index is 946. The maximum absolute atomic E-state index is 6.28. The first-order chi connectivity index (χ1) is 12.4. The zero-order valence-corrected chi connectivity index (χ0v) is 16.9. The number of halogens is 2. The first-order valence-corrected chi connectivity index (χ1v) is 10.1. The zero-order chi connectivity index (χ0) is 18.3. The normalized spacial score (nSPS) is 17.0. The highest BCUT2D eigenvalue weighted by molar-refractivity contribution is 7.99. The number of fused-ring (bicyclic) bond motifs is 1. The maximum Gasteiger partial charge on any atom is 0.177 e. The van der Waals surface area contributed by atoms with Crippen molar-refractivity contribution in [3.05, 3.63) is 34.4 Å². The lowest BCUT2D eigenvalue weighted by molar-refractivity contribution is 0.279. The number of aromatic nitrogens is 4. The second-order valence-electron chi connectivity index (χ2n) is 7.26. The smallest absolute Gasteiger partial charge is 0.177 e. The van der Waals surface area contributed by atoms with Crippen LogP contribution in [0.2, 0.25) is 10.0 Å². The summed E-state index contributed by atoms with van der Waals surface area (Å²) >= 11 is 13.8. The van der Waals surface area contributed by atoms with Gasteiger partial charge in [0.05, 0.1) is 16.2 Å². The minimum absolute atomic E-state index is 0.405. The molecule has 1 aliphatic heterocycles. The summed E-state index contributed by atoms with van der Waals surface area (Å²) in [6, 6.07) is 5.55. The number of nitrogens with zero attached hydrogens (tertiary/aromatic N) is 4. The number of H-pyrrole nitrogens is 1. The van der Waals surface area contributed by atoms with E-state index in [0.717, 1.165) is 47.2 Å². The van der Waals surface area contributed by atoms with Crippen molar-refractivity contribution in [3.63, 3.8) is 0 Å². The molecule has 1 saturated heterocycles. The molecule has 136 valence electrons. The summed E-state index contributed by atoms with van der Waals surface area (Å²) in [7, 11) is 0. The van der Waals surface area contributed by atoms with Gasteiger partial charge in [0.25, 0.3) is 0 Å². The molecule has 1 aliphatic rings. The number of nitrogens with one attached hydrogen (secondary N) is 1. The summed E-state index contributed by atoms with van der Waals surface area (Å²) in [4.78, 5) is 12.5. The lowest BCUT2D eigenvalue weighted by atomic mass is 9.83. The number of aromatic amines is 1. The van der Waals surface area contributed by atoms with Crippen molar-refractivity contribution in [3.8, 4) is 0 Å². The topological polar surface area (TPSA) is 57.7 Å². The van der Waals surface area contributed by atoms with E-state index in [4.69, 9.17) is 28.2 Å². The second-order valence-corrected chi connectivity index (χ2v) is 9.08. The van der Waals surface area contributed by atoms with Gasteiger partial charge < -0.3 is 4.90 Å². The van der Waals surface area contributed by atoms with Crippen LogP contribution in [0.1, 0.15) is 26.7 Å². The van der Waals surface area contributed by atoms with Crippen molar-refractivity contribution in [1.82, 2.24) is 20.2 Å². The van der Waals surface area contributed by atoms with Gasteiger partial charge >= 0.3 is 0 Å². The fourth-order valence-electron chi connectivity index (χ4n) is 3.00. The Labute approximate surface area is 166 Å². The number of hydrogen-bond acceptors (Lipinski definition) is 5. The number of piperidine rings is 1. The molecule has 1 fully saturated rings. The molecule has 3 aromatic rings. The van der Waals surface area contributed by atoms with Gasteiger partial charge in [-0.1, -0.05) is 54.9 Å². The van der Waals surface area contributed by atoms with Gasteiger partial charge in [-0.25, -0.2) is 9.97 Å². The Morgan fingerprint density at radius 2 is 1.96 bits per heavy atom. The third-order valence-corrected chi connectivity index (χ3v) is 6.76. The van der Waals surface area contributed by atoms with Crippen molar-refractivity contribution in [2.75, 3.05) is 18.0 Å². The van der Waals surface area contributed by atoms with Crippen LogP contribution in [0.5, 0.6) is 0 Å². The molecule has 26 heavy (non-hydrogen) atoms. The van der Waals surface area contributed by atoms with Gasteiger partial charge in [0, 0.05) is 18.0 Å². The molecule has 0 bridgehead atoms. The fraction of sp³-hybridized carbons (Fsp3) is 0.389. The van der Waals surface area contributed by atoms with Crippen molar-refractivity contribution in [1.29, 1.82) is 0 Å². The van der Waals surface area contributed by atoms with Crippen molar-refractivity contribution in [2.45, 2.75) is 36.6 Å². The molecule has 5 nitrogen and oxygen atoms in total. The lowest BCUT2D eigenvalue weighted by Crippen LogP contribution is -2.37. The van der Waals surface area contributed by atoms with Crippen LogP contribution in [0.15, 0.2) is 34.3 Å². The number of benzene rings is 1. The highest BCUT2D eigenvalue weighted by Gasteiger charge is 2.26. The molecule has 0 unspecified atom stereocenters. The average molecular weight is 408 g/mol. The van der Waals surface area contributed by atoms with Gasteiger partial charge in [0.15, 0.2) is 10.7 Å². The van der Waals surface area contributed by atoms with Gasteiger partial charge in [0.1, 0.15) is 11.3 Å². The first-order valence-electron chi connectivity index (χ1n) is 8.51. The molecule has 2 aromatic heterocycles. The summed E-state index contributed by atoms with van der Waals surface area (Å²) in [6.07, 6.45) is 4.15. The minimum atomic E-state index is 0.405. The van der Waals surface area contributed by atoms with Gasteiger partial charge in [-0.05, 0) is 30.4 Å². The molecular weight excluding hydrogens is 389 g/mol. The largest absolute Gasteiger partial charge is 0.355 e. The highest BCUT2D eigenvalue weighted by Crippen LogP contribution is 2.38. The van der Waals surface area contributed by atoms with Gasteiger partial charge in [-0.2, -0.15) is 5.10 Å². The van der Waals surface area contributed by atoms with Gasteiger partial charge in [-0.3, -0.25) is 5.10 Å². The molecule has 0 saturated carbocycles. The average Bonchev–Trinajstić information content (AvgIpc) is 3.01. The third-order valence-electron chi connectivity index (χ3n) is 4.79. The van der Waals surface area contributed by atoms with E-state index in [1.807, 2.05) is 18.3 Å². The molecule has 4 rings (SSSR count). The number of anilines is 1. The highest BCUT2D eigenvalue weighted by atomic mass is 35.5. The minimum Gasteiger partial charge on any atom is -0.355 e. The van der Waals surface area contributed by atoms with Crippen molar-refractivity contribution in [2.24, 2.45) is 5.41 Å². The Balaban J connectivity index is 1.59. The van der Waals surface area contributed by atoms with Crippen LogP contribution in [-0.4, -0.2) is 33.3 Å². The van der Waals surface area contributed by atoms with E-state index in [0.29, 0.717) is 21.1 Å². The molecule has 3 heterocycles. The predicted octanol–water partition coefficient (Wildman–Crippen LogP) is 5.44. The van der Waals surface area contributed by atoms with Crippen LogP contribution in [0, 0.1) is 5.41 Å². The van der Waals surface area contributed by atoms with Crippen LogP contribution in [-0.2, 0) is 0 Å². The van der Waals surface area contributed by atoms with E-state index >= 15 is 0 Å². The SMILES string of the molecule is CC1(C)CCN(c2cnc3c(Sc4cccc(Cl)c4Cl)n[nH]c3n2)CC1. The lowest BCUT2D eigenvalue weighted by Gasteiger charge is -2.37. The molecule has 0 radical (unpaired) electrons. The zero-order valence-electron chi connectivity index (χ0n) is 14.6. The van der Waals surface area contributed by atoms with Crippen LogP contribution in [0.3, 0.4) is 0 Å². The fourth-order valence-corrected chi connectivity index (χ4v) is 4.37. The quantitative estimate of drug-likeness (QED) is 0.626. The molecule has 0 aliphatic carbocycles. The second kappa shape index (κ2) is 6.91. The van der Waals surface area contributed by atoms with E-state index < -0.39 is 0 Å². The Morgan fingerprint density at radius 3 is 2.73 bits per heavy atom. The molecule has 0 spiro atoms. The van der Waals surface area contributed by atoms with Crippen molar-refractivity contribution < 1.29 is 0 Å². The summed E-state index contributed by atoms with van der Waals surface area (Å²) < 4.78 is 0. The maximum atomic E-state index is 6.28. The van der Waals surface area contributed by atoms with Crippen LogP contribution in [0.4, 0.5) is 5.82 Å². The van der Waals surface area contributed by atoms with Crippen LogP contribution < -0.4 is 4.90 Å². The monoisotopic (exact) mass is 407 g/mol. The number of rotatable bonds is 3. The van der Waals surface area contributed by atoms with E-state index in [1.54, 1.807) is 6.07 Å². The third kappa shape index (κ3) is 3.50. The summed E-state index contributed by atoms with van der Waals surface area (Å²) in [5.74, 6) is 0.897. The van der Waals surface area contributed by atoms with Gasteiger partial charge in [0.2, 0.25) is 0 Å². The van der Waals surface area contributed by atoms with E-state index in [1.165, 1.54) is 11.8 Å². The Hall–Kier alpha value is -1.50. The molecule has 1 aromatic carbocycles. The predicted molar refractivity (Wildman–Crippen MR) is 107 cm³/mol. The van der Waals surface area contributed by atoms with E-state index in [9.17, 15) is 0 Å². The molecule has 0 atom stereocenters. The standard InChI is InChI=1S/C18H19Cl2N5S/c1-18(2)6-8-25(9-7-18)13-10-21-15-16(22-13)23-24-17(15)26-12-5-3-4-11(19)14(12)20/h3-5,10H,6-9H2,1-2H3,(H,22,23,24). The molecule has 0 amide bonds. The van der Waals surface area contributed by atoms with Crippen molar-refractivity contribution >= 4 is 51.9 Å².